The van der Waals surface area contributed by atoms with E-state index in [2.05, 4.69) is 10.6 Å². The molecule has 0 radical (unpaired) electrons. The highest BCUT2D eigenvalue weighted by Crippen LogP contribution is 2.24. The number of hydrogen-bond donors (Lipinski definition) is 2. The molecule has 2 fully saturated rings. The van der Waals surface area contributed by atoms with Gasteiger partial charge < -0.3 is 15.5 Å². The molecule has 110 valence electrons. The molecule has 1 aliphatic heterocycles. The smallest absolute Gasteiger partial charge is 0.313 e. The Morgan fingerprint density at radius 1 is 1.19 bits per heavy atom. The van der Waals surface area contributed by atoms with Crippen molar-refractivity contribution < 1.29 is 14.4 Å². The van der Waals surface area contributed by atoms with Gasteiger partial charge in [0.05, 0.1) is 0 Å². The molecule has 1 saturated carbocycles. The molecule has 0 aromatic heterocycles. The SMILES string of the molecule is O=C(Nc1cccc(N2CCCC2=O)c1)C(=O)NC1CC1. The molecular formula is C15H17N3O3. The summed E-state index contributed by atoms with van der Waals surface area (Å²) in [6, 6.07) is 7.15. The van der Waals surface area contributed by atoms with E-state index in [4.69, 9.17) is 0 Å². The average molecular weight is 287 g/mol. The summed E-state index contributed by atoms with van der Waals surface area (Å²) in [5.74, 6) is -1.20. The second-order valence-corrected chi connectivity index (χ2v) is 5.40. The number of benzene rings is 1. The predicted molar refractivity (Wildman–Crippen MR) is 77.8 cm³/mol. The van der Waals surface area contributed by atoms with Crippen LogP contribution in [0.5, 0.6) is 0 Å². The van der Waals surface area contributed by atoms with Crippen LogP contribution < -0.4 is 15.5 Å². The molecule has 1 aromatic carbocycles. The molecule has 0 unspecified atom stereocenters. The van der Waals surface area contributed by atoms with Crippen molar-refractivity contribution in [3.8, 4) is 0 Å². The van der Waals surface area contributed by atoms with Crippen LogP contribution in [0.2, 0.25) is 0 Å². The minimum atomic E-state index is -0.674. The van der Waals surface area contributed by atoms with Crippen LogP contribution in [-0.4, -0.2) is 30.3 Å². The van der Waals surface area contributed by atoms with Gasteiger partial charge in [0.25, 0.3) is 0 Å². The molecule has 0 atom stereocenters. The van der Waals surface area contributed by atoms with Gasteiger partial charge in [-0.15, -0.1) is 0 Å². The van der Waals surface area contributed by atoms with Crippen molar-refractivity contribution in [1.29, 1.82) is 0 Å². The number of carbonyl (C=O) groups is 3. The third kappa shape index (κ3) is 3.21. The highest BCUT2D eigenvalue weighted by molar-refractivity contribution is 6.39. The van der Waals surface area contributed by atoms with Gasteiger partial charge in [-0.05, 0) is 37.5 Å². The molecule has 1 heterocycles. The van der Waals surface area contributed by atoms with Gasteiger partial charge in [-0.2, -0.15) is 0 Å². The number of amides is 3. The summed E-state index contributed by atoms with van der Waals surface area (Å²) in [5.41, 5.74) is 1.26. The summed E-state index contributed by atoms with van der Waals surface area (Å²) in [6.45, 7) is 0.693. The Bertz CT molecular complexity index is 596. The first-order valence-corrected chi connectivity index (χ1v) is 7.16. The number of hydrogen-bond acceptors (Lipinski definition) is 3. The topological polar surface area (TPSA) is 78.5 Å². The van der Waals surface area contributed by atoms with E-state index in [0.717, 1.165) is 24.9 Å². The zero-order valence-electron chi connectivity index (χ0n) is 11.6. The second kappa shape index (κ2) is 5.55. The lowest BCUT2D eigenvalue weighted by Crippen LogP contribution is -2.36. The number of rotatable bonds is 3. The van der Waals surface area contributed by atoms with Crippen molar-refractivity contribution in [3.63, 3.8) is 0 Å². The molecule has 6 heteroatoms. The quantitative estimate of drug-likeness (QED) is 0.815. The molecule has 3 rings (SSSR count). The van der Waals surface area contributed by atoms with Gasteiger partial charge in [0.15, 0.2) is 0 Å². The first-order valence-electron chi connectivity index (χ1n) is 7.16. The lowest BCUT2D eigenvalue weighted by molar-refractivity contribution is -0.136. The first-order chi connectivity index (χ1) is 10.1. The van der Waals surface area contributed by atoms with Crippen LogP contribution in [0.25, 0.3) is 0 Å². The molecule has 2 N–H and O–H groups in total. The zero-order valence-corrected chi connectivity index (χ0v) is 11.6. The minimum Gasteiger partial charge on any atom is -0.345 e. The molecule has 2 aliphatic rings. The molecule has 1 aromatic rings. The van der Waals surface area contributed by atoms with Gasteiger partial charge in [-0.1, -0.05) is 6.07 Å². The van der Waals surface area contributed by atoms with Gasteiger partial charge >= 0.3 is 11.8 Å². The molecule has 6 nitrogen and oxygen atoms in total. The van der Waals surface area contributed by atoms with E-state index >= 15 is 0 Å². The summed E-state index contributed by atoms with van der Waals surface area (Å²) in [5, 5.41) is 5.20. The van der Waals surface area contributed by atoms with Crippen LogP contribution in [0.15, 0.2) is 24.3 Å². The van der Waals surface area contributed by atoms with E-state index in [9.17, 15) is 14.4 Å². The number of anilines is 2. The van der Waals surface area contributed by atoms with E-state index in [1.165, 1.54) is 0 Å². The average Bonchev–Trinajstić information content (AvgIpc) is 3.17. The maximum Gasteiger partial charge on any atom is 0.313 e. The molecule has 1 saturated heterocycles. The van der Waals surface area contributed by atoms with Crippen molar-refractivity contribution in [3.05, 3.63) is 24.3 Å². The van der Waals surface area contributed by atoms with Gasteiger partial charge in [-0.3, -0.25) is 14.4 Å². The highest BCUT2D eigenvalue weighted by atomic mass is 16.2. The first kappa shape index (κ1) is 13.6. The van der Waals surface area contributed by atoms with Crippen LogP contribution in [0, 0.1) is 0 Å². The lowest BCUT2D eigenvalue weighted by atomic mass is 10.2. The summed E-state index contributed by atoms with van der Waals surface area (Å²) in [6.07, 6.45) is 3.27. The number of nitrogens with one attached hydrogen (secondary N) is 2. The van der Waals surface area contributed by atoms with Crippen LogP contribution in [-0.2, 0) is 14.4 Å². The summed E-state index contributed by atoms with van der Waals surface area (Å²) in [4.78, 5) is 36.8. The fourth-order valence-electron chi connectivity index (χ4n) is 2.34. The van der Waals surface area contributed by atoms with Gasteiger partial charge in [-0.25, -0.2) is 0 Å². The summed E-state index contributed by atoms with van der Waals surface area (Å²) in [7, 11) is 0. The third-order valence-corrected chi connectivity index (χ3v) is 3.61. The monoisotopic (exact) mass is 287 g/mol. The minimum absolute atomic E-state index is 0.0879. The van der Waals surface area contributed by atoms with Crippen LogP contribution >= 0.6 is 0 Å². The Labute approximate surface area is 122 Å². The summed E-state index contributed by atoms with van der Waals surface area (Å²) >= 11 is 0. The van der Waals surface area contributed by atoms with Crippen molar-refractivity contribution >= 4 is 29.1 Å². The normalized spacial score (nSPS) is 17.7. The molecule has 0 bridgehead atoms. The largest absolute Gasteiger partial charge is 0.345 e. The third-order valence-electron chi connectivity index (χ3n) is 3.61. The van der Waals surface area contributed by atoms with Crippen LogP contribution in [0.4, 0.5) is 11.4 Å². The zero-order chi connectivity index (χ0) is 14.8. The Kier molecular flexibility index (Phi) is 3.60. The second-order valence-electron chi connectivity index (χ2n) is 5.40. The van der Waals surface area contributed by atoms with E-state index in [0.29, 0.717) is 18.7 Å². The van der Waals surface area contributed by atoms with E-state index in [-0.39, 0.29) is 11.9 Å². The maximum atomic E-state index is 11.8. The highest BCUT2D eigenvalue weighted by Gasteiger charge is 2.26. The van der Waals surface area contributed by atoms with Crippen molar-refractivity contribution in [2.75, 3.05) is 16.8 Å². The van der Waals surface area contributed by atoms with Crippen LogP contribution in [0.1, 0.15) is 25.7 Å². The Hall–Kier alpha value is -2.37. The van der Waals surface area contributed by atoms with E-state index < -0.39 is 11.8 Å². The Morgan fingerprint density at radius 2 is 2.00 bits per heavy atom. The predicted octanol–water partition coefficient (Wildman–Crippen LogP) is 1.03. The fraction of sp³-hybridized carbons (Fsp3) is 0.400. The molecule has 3 amide bonds. The van der Waals surface area contributed by atoms with E-state index in [1.54, 1.807) is 23.1 Å². The van der Waals surface area contributed by atoms with Crippen molar-refractivity contribution in [2.24, 2.45) is 0 Å². The van der Waals surface area contributed by atoms with Gasteiger partial charge in [0, 0.05) is 30.4 Å². The standard InChI is InChI=1S/C15H17N3O3/c19-13-5-2-8-18(13)12-4-1-3-11(9-12)17-15(21)14(20)16-10-6-7-10/h1,3-4,9-10H,2,5-8H2,(H,16,20)(H,17,21). The van der Waals surface area contributed by atoms with Crippen molar-refractivity contribution in [2.45, 2.75) is 31.7 Å². The number of carbonyl (C=O) groups excluding carboxylic acids is 3. The molecule has 21 heavy (non-hydrogen) atoms. The maximum absolute atomic E-state index is 11.8. The molecule has 0 spiro atoms. The van der Waals surface area contributed by atoms with Gasteiger partial charge in [0.2, 0.25) is 5.91 Å². The molecular weight excluding hydrogens is 270 g/mol. The van der Waals surface area contributed by atoms with Crippen LogP contribution in [0.3, 0.4) is 0 Å². The number of nitrogens with zero attached hydrogens (tertiary/aromatic N) is 1. The van der Waals surface area contributed by atoms with Gasteiger partial charge in [0.1, 0.15) is 0 Å². The lowest BCUT2D eigenvalue weighted by Gasteiger charge is -2.16. The fourth-order valence-corrected chi connectivity index (χ4v) is 2.34. The van der Waals surface area contributed by atoms with Crippen molar-refractivity contribution in [1.82, 2.24) is 5.32 Å². The Morgan fingerprint density at radius 3 is 2.67 bits per heavy atom. The summed E-state index contributed by atoms with van der Waals surface area (Å²) < 4.78 is 0. The van der Waals surface area contributed by atoms with E-state index in [1.807, 2.05) is 6.07 Å². The Balaban J connectivity index is 1.66. The molecule has 1 aliphatic carbocycles.